The van der Waals surface area contributed by atoms with Gasteiger partial charge in [0.15, 0.2) is 0 Å². The van der Waals surface area contributed by atoms with Crippen LogP contribution in [0.5, 0.6) is 0 Å². The minimum absolute atomic E-state index is 0.0672. The zero-order chi connectivity index (χ0) is 13.9. The molecule has 0 aliphatic heterocycles. The van der Waals surface area contributed by atoms with E-state index in [0.29, 0.717) is 6.54 Å². The SMILES string of the molecule is O=C(O)c1c(F)cccc1NCC1(CO)CCCC1. The lowest BCUT2D eigenvalue weighted by atomic mass is 9.87. The Labute approximate surface area is 111 Å². The first-order chi connectivity index (χ1) is 9.08. The van der Waals surface area contributed by atoms with Gasteiger partial charge in [-0.15, -0.1) is 0 Å². The van der Waals surface area contributed by atoms with Crippen LogP contribution in [0.3, 0.4) is 0 Å². The molecular weight excluding hydrogens is 249 g/mol. The lowest BCUT2D eigenvalue weighted by Crippen LogP contribution is -2.31. The third kappa shape index (κ3) is 2.87. The number of aromatic carboxylic acids is 1. The van der Waals surface area contributed by atoms with Crippen LogP contribution in [0, 0.1) is 11.2 Å². The van der Waals surface area contributed by atoms with Crippen molar-refractivity contribution in [3.05, 3.63) is 29.6 Å². The fourth-order valence-electron chi connectivity index (χ4n) is 2.69. The highest BCUT2D eigenvalue weighted by Crippen LogP contribution is 2.38. The normalized spacial score (nSPS) is 17.4. The van der Waals surface area contributed by atoms with Crippen molar-refractivity contribution < 1.29 is 19.4 Å². The minimum Gasteiger partial charge on any atom is -0.478 e. The van der Waals surface area contributed by atoms with Gasteiger partial charge in [-0.25, -0.2) is 9.18 Å². The van der Waals surface area contributed by atoms with Gasteiger partial charge < -0.3 is 15.5 Å². The number of carboxylic acids is 1. The van der Waals surface area contributed by atoms with Crippen LogP contribution in [0.25, 0.3) is 0 Å². The van der Waals surface area contributed by atoms with Crippen molar-refractivity contribution in [1.82, 2.24) is 0 Å². The Bertz CT molecular complexity index is 470. The summed E-state index contributed by atoms with van der Waals surface area (Å²) in [5.74, 6) is -2.04. The third-order valence-electron chi connectivity index (χ3n) is 3.88. The average Bonchev–Trinajstić information content (AvgIpc) is 2.85. The fourth-order valence-corrected chi connectivity index (χ4v) is 2.69. The van der Waals surface area contributed by atoms with Crippen LogP contribution in [-0.2, 0) is 0 Å². The number of carboxylic acid groups (broad SMARTS) is 1. The van der Waals surface area contributed by atoms with E-state index in [0.717, 1.165) is 31.7 Å². The van der Waals surface area contributed by atoms with Gasteiger partial charge in [0.1, 0.15) is 11.4 Å². The molecule has 1 aliphatic rings. The Hall–Kier alpha value is -1.62. The number of rotatable bonds is 5. The summed E-state index contributed by atoms with van der Waals surface area (Å²) in [7, 11) is 0. The highest BCUT2D eigenvalue weighted by molar-refractivity contribution is 5.94. The number of aliphatic hydroxyl groups is 1. The Morgan fingerprint density at radius 3 is 2.63 bits per heavy atom. The Morgan fingerprint density at radius 2 is 2.05 bits per heavy atom. The van der Waals surface area contributed by atoms with Crippen molar-refractivity contribution in [2.75, 3.05) is 18.5 Å². The molecule has 1 aliphatic carbocycles. The number of anilines is 1. The van der Waals surface area contributed by atoms with E-state index in [-0.39, 0.29) is 23.3 Å². The number of carbonyl (C=O) groups is 1. The first-order valence-electron chi connectivity index (χ1n) is 6.44. The van der Waals surface area contributed by atoms with Crippen LogP contribution in [0.15, 0.2) is 18.2 Å². The Morgan fingerprint density at radius 1 is 1.37 bits per heavy atom. The number of benzene rings is 1. The van der Waals surface area contributed by atoms with Crippen molar-refractivity contribution in [3.63, 3.8) is 0 Å². The predicted octanol–water partition coefficient (Wildman–Crippen LogP) is 2.49. The monoisotopic (exact) mass is 267 g/mol. The van der Waals surface area contributed by atoms with Gasteiger partial charge in [0.25, 0.3) is 0 Å². The number of hydrogen-bond acceptors (Lipinski definition) is 3. The zero-order valence-electron chi connectivity index (χ0n) is 10.7. The van der Waals surface area contributed by atoms with Crippen LogP contribution < -0.4 is 5.32 Å². The molecule has 104 valence electrons. The smallest absolute Gasteiger partial charge is 0.340 e. The van der Waals surface area contributed by atoms with E-state index < -0.39 is 11.8 Å². The van der Waals surface area contributed by atoms with Gasteiger partial charge in [-0.05, 0) is 25.0 Å². The van der Waals surface area contributed by atoms with Gasteiger partial charge in [0.05, 0.1) is 12.3 Å². The maximum atomic E-state index is 13.5. The first-order valence-corrected chi connectivity index (χ1v) is 6.44. The summed E-state index contributed by atoms with van der Waals surface area (Å²) >= 11 is 0. The number of halogens is 1. The molecule has 0 radical (unpaired) electrons. The van der Waals surface area contributed by atoms with Gasteiger partial charge in [-0.1, -0.05) is 18.9 Å². The topological polar surface area (TPSA) is 69.6 Å². The second-order valence-corrected chi connectivity index (χ2v) is 5.19. The van der Waals surface area contributed by atoms with Gasteiger partial charge in [-0.2, -0.15) is 0 Å². The molecular formula is C14H18FNO3. The molecule has 0 aromatic heterocycles. The van der Waals surface area contributed by atoms with Crippen molar-refractivity contribution in [2.24, 2.45) is 5.41 Å². The largest absolute Gasteiger partial charge is 0.478 e. The van der Waals surface area contributed by atoms with Gasteiger partial charge in [0, 0.05) is 12.0 Å². The molecule has 3 N–H and O–H groups in total. The second-order valence-electron chi connectivity index (χ2n) is 5.19. The lowest BCUT2D eigenvalue weighted by Gasteiger charge is -2.27. The molecule has 1 aromatic carbocycles. The maximum absolute atomic E-state index is 13.5. The van der Waals surface area contributed by atoms with Crippen LogP contribution >= 0.6 is 0 Å². The molecule has 4 nitrogen and oxygen atoms in total. The molecule has 0 saturated heterocycles. The van der Waals surface area contributed by atoms with E-state index in [1.54, 1.807) is 6.07 Å². The Balaban J connectivity index is 2.15. The lowest BCUT2D eigenvalue weighted by molar-refractivity contribution is 0.0693. The van der Waals surface area contributed by atoms with Gasteiger partial charge >= 0.3 is 5.97 Å². The fraction of sp³-hybridized carbons (Fsp3) is 0.500. The van der Waals surface area contributed by atoms with Crippen LogP contribution in [0.2, 0.25) is 0 Å². The molecule has 2 rings (SSSR count). The summed E-state index contributed by atoms with van der Waals surface area (Å²) in [5.41, 5.74) is -0.275. The van der Waals surface area contributed by atoms with Crippen LogP contribution in [0.4, 0.5) is 10.1 Å². The van der Waals surface area contributed by atoms with E-state index in [1.807, 2.05) is 0 Å². The summed E-state index contributed by atoms with van der Waals surface area (Å²) < 4.78 is 13.5. The molecule has 1 aromatic rings. The summed E-state index contributed by atoms with van der Waals surface area (Å²) in [4.78, 5) is 11.1. The molecule has 19 heavy (non-hydrogen) atoms. The third-order valence-corrected chi connectivity index (χ3v) is 3.88. The van der Waals surface area contributed by atoms with Crippen LogP contribution in [-0.4, -0.2) is 29.3 Å². The molecule has 0 spiro atoms. The summed E-state index contributed by atoms with van der Waals surface area (Å²) in [5, 5.41) is 21.5. The van der Waals surface area contributed by atoms with Gasteiger partial charge in [-0.3, -0.25) is 0 Å². The molecule has 1 fully saturated rings. The Kier molecular flexibility index (Phi) is 4.04. The molecule has 0 heterocycles. The predicted molar refractivity (Wildman–Crippen MR) is 69.8 cm³/mol. The summed E-state index contributed by atoms with van der Waals surface area (Å²) in [6.07, 6.45) is 3.96. The number of nitrogens with one attached hydrogen (secondary N) is 1. The van der Waals surface area contributed by atoms with E-state index in [9.17, 15) is 14.3 Å². The first kappa shape index (κ1) is 13.8. The molecule has 5 heteroatoms. The summed E-state index contributed by atoms with van der Waals surface area (Å²) in [6.45, 7) is 0.533. The van der Waals surface area contributed by atoms with Crippen molar-refractivity contribution in [1.29, 1.82) is 0 Å². The molecule has 0 atom stereocenters. The average molecular weight is 267 g/mol. The zero-order valence-corrected chi connectivity index (χ0v) is 10.7. The van der Waals surface area contributed by atoms with E-state index in [2.05, 4.69) is 5.32 Å². The standard InChI is InChI=1S/C14H18FNO3/c15-10-4-3-5-11(12(10)13(18)19)16-8-14(9-17)6-1-2-7-14/h3-5,16-17H,1-2,6-9H2,(H,18,19). The summed E-state index contributed by atoms with van der Waals surface area (Å²) in [6, 6.07) is 4.16. The number of aliphatic hydroxyl groups excluding tert-OH is 1. The number of hydrogen-bond donors (Lipinski definition) is 3. The van der Waals surface area contributed by atoms with Crippen molar-refractivity contribution >= 4 is 11.7 Å². The quantitative estimate of drug-likeness (QED) is 0.766. The van der Waals surface area contributed by atoms with E-state index in [1.165, 1.54) is 6.07 Å². The minimum atomic E-state index is -1.29. The maximum Gasteiger partial charge on any atom is 0.340 e. The second kappa shape index (κ2) is 5.57. The highest BCUT2D eigenvalue weighted by atomic mass is 19.1. The molecule has 0 amide bonds. The highest BCUT2D eigenvalue weighted by Gasteiger charge is 2.33. The van der Waals surface area contributed by atoms with Crippen LogP contribution in [0.1, 0.15) is 36.0 Å². The van der Waals surface area contributed by atoms with Gasteiger partial charge in [0.2, 0.25) is 0 Å². The molecule has 0 unspecified atom stereocenters. The van der Waals surface area contributed by atoms with E-state index in [4.69, 9.17) is 5.11 Å². The van der Waals surface area contributed by atoms with Crippen molar-refractivity contribution in [3.8, 4) is 0 Å². The molecule has 1 saturated carbocycles. The van der Waals surface area contributed by atoms with E-state index >= 15 is 0 Å². The molecule has 0 bridgehead atoms. The van der Waals surface area contributed by atoms with Crippen molar-refractivity contribution in [2.45, 2.75) is 25.7 Å².